The molecule has 0 spiro atoms. The molecule has 2 nitrogen and oxygen atoms in total. The molecule has 0 heterocycles. The van der Waals surface area contributed by atoms with Crippen LogP contribution < -0.4 is 4.74 Å². The Labute approximate surface area is 89.0 Å². The van der Waals surface area contributed by atoms with Crippen molar-refractivity contribution < 1.29 is 13.9 Å². The molecule has 0 saturated heterocycles. The van der Waals surface area contributed by atoms with Crippen LogP contribution in [0.5, 0.6) is 5.75 Å². The maximum atomic E-state index is 13.1. The van der Waals surface area contributed by atoms with Crippen molar-refractivity contribution >= 4 is 0 Å². The summed E-state index contributed by atoms with van der Waals surface area (Å²) < 4.78 is 23.9. The standard InChI is InChI=1S/C12H15FO2/c1-9-2-3-11(8-12(9)13)15-7-6-14-10-4-5-10/h2-3,8,10H,4-7H2,1H3. The summed E-state index contributed by atoms with van der Waals surface area (Å²) in [4.78, 5) is 0. The maximum absolute atomic E-state index is 13.1. The zero-order valence-corrected chi connectivity index (χ0v) is 8.83. The van der Waals surface area contributed by atoms with E-state index in [0.717, 1.165) is 0 Å². The number of aryl methyl sites for hydroxylation is 1. The van der Waals surface area contributed by atoms with Gasteiger partial charge in [-0.15, -0.1) is 0 Å². The summed E-state index contributed by atoms with van der Waals surface area (Å²) in [5.74, 6) is 0.341. The molecular weight excluding hydrogens is 195 g/mol. The first kappa shape index (κ1) is 10.4. The monoisotopic (exact) mass is 210 g/mol. The molecule has 1 fully saturated rings. The van der Waals surface area contributed by atoms with Crippen molar-refractivity contribution in [3.8, 4) is 5.75 Å². The van der Waals surface area contributed by atoms with Gasteiger partial charge < -0.3 is 9.47 Å². The summed E-state index contributed by atoms with van der Waals surface area (Å²) in [6, 6.07) is 4.90. The van der Waals surface area contributed by atoms with Crippen molar-refractivity contribution in [2.24, 2.45) is 0 Å². The van der Waals surface area contributed by atoms with Gasteiger partial charge in [0.25, 0.3) is 0 Å². The van der Waals surface area contributed by atoms with E-state index in [1.807, 2.05) is 0 Å². The van der Waals surface area contributed by atoms with E-state index in [4.69, 9.17) is 9.47 Å². The lowest BCUT2D eigenvalue weighted by Gasteiger charge is -2.07. The molecule has 1 aromatic carbocycles. The molecule has 1 aliphatic rings. The Kier molecular flexibility index (Phi) is 3.21. The van der Waals surface area contributed by atoms with Gasteiger partial charge in [-0.05, 0) is 31.4 Å². The third kappa shape index (κ3) is 3.20. The lowest BCUT2D eigenvalue weighted by Crippen LogP contribution is -2.07. The molecule has 82 valence electrons. The summed E-state index contributed by atoms with van der Waals surface area (Å²) in [5.41, 5.74) is 0.636. The fourth-order valence-electron chi connectivity index (χ4n) is 1.27. The Bertz CT molecular complexity index is 334. The van der Waals surface area contributed by atoms with Gasteiger partial charge in [0.1, 0.15) is 18.2 Å². The molecule has 1 aliphatic carbocycles. The molecular formula is C12H15FO2. The lowest BCUT2D eigenvalue weighted by atomic mass is 10.2. The molecule has 0 unspecified atom stereocenters. The first-order valence-corrected chi connectivity index (χ1v) is 5.26. The highest BCUT2D eigenvalue weighted by molar-refractivity contribution is 5.27. The molecule has 0 amide bonds. The third-order valence-corrected chi connectivity index (χ3v) is 2.37. The number of benzene rings is 1. The highest BCUT2D eigenvalue weighted by atomic mass is 19.1. The third-order valence-electron chi connectivity index (χ3n) is 2.37. The van der Waals surface area contributed by atoms with Crippen LogP contribution in [0.1, 0.15) is 18.4 Å². The van der Waals surface area contributed by atoms with E-state index in [9.17, 15) is 4.39 Å². The van der Waals surface area contributed by atoms with Crippen LogP contribution in [0.4, 0.5) is 4.39 Å². The topological polar surface area (TPSA) is 18.5 Å². The van der Waals surface area contributed by atoms with Crippen LogP contribution in [0.3, 0.4) is 0 Å². The van der Waals surface area contributed by atoms with E-state index in [1.165, 1.54) is 18.9 Å². The highest BCUT2D eigenvalue weighted by Crippen LogP contribution is 2.23. The van der Waals surface area contributed by atoms with Gasteiger partial charge in [0.05, 0.1) is 12.7 Å². The Morgan fingerprint density at radius 3 is 2.80 bits per heavy atom. The van der Waals surface area contributed by atoms with Crippen LogP contribution in [-0.2, 0) is 4.74 Å². The molecule has 1 aromatic rings. The predicted molar refractivity (Wildman–Crippen MR) is 55.6 cm³/mol. The zero-order chi connectivity index (χ0) is 10.7. The normalized spacial score (nSPS) is 15.3. The van der Waals surface area contributed by atoms with E-state index >= 15 is 0 Å². The summed E-state index contributed by atoms with van der Waals surface area (Å²) in [6.45, 7) is 2.80. The second-order valence-corrected chi connectivity index (χ2v) is 3.83. The van der Waals surface area contributed by atoms with Gasteiger partial charge in [-0.2, -0.15) is 0 Å². The molecule has 15 heavy (non-hydrogen) atoms. The van der Waals surface area contributed by atoms with Crippen molar-refractivity contribution in [1.82, 2.24) is 0 Å². The molecule has 0 atom stereocenters. The average molecular weight is 210 g/mol. The minimum atomic E-state index is -0.226. The Balaban J connectivity index is 1.74. The second kappa shape index (κ2) is 4.62. The van der Waals surface area contributed by atoms with E-state index in [1.54, 1.807) is 19.1 Å². The number of hydrogen-bond acceptors (Lipinski definition) is 2. The first-order chi connectivity index (χ1) is 7.25. The lowest BCUT2D eigenvalue weighted by molar-refractivity contribution is 0.0880. The van der Waals surface area contributed by atoms with Gasteiger partial charge >= 0.3 is 0 Å². The Hall–Kier alpha value is -1.09. The Morgan fingerprint density at radius 2 is 2.13 bits per heavy atom. The summed E-state index contributed by atoms with van der Waals surface area (Å²) in [6.07, 6.45) is 2.78. The van der Waals surface area contributed by atoms with Crippen LogP contribution in [-0.4, -0.2) is 19.3 Å². The van der Waals surface area contributed by atoms with Gasteiger partial charge in [0.15, 0.2) is 0 Å². The van der Waals surface area contributed by atoms with Crippen molar-refractivity contribution in [3.63, 3.8) is 0 Å². The molecule has 0 aliphatic heterocycles. The van der Waals surface area contributed by atoms with Crippen LogP contribution in [0, 0.1) is 12.7 Å². The van der Waals surface area contributed by atoms with Gasteiger partial charge in [0.2, 0.25) is 0 Å². The molecule has 0 aromatic heterocycles. The summed E-state index contributed by atoms with van der Waals surface area (Å²) in [5, 5.41) is 0. The Morgan fingerprint density at radius 1 is 1.33 bits per heavy atom. The highest BCUT2D eigenvalue weighted by Gasteiger charge is 2.21. The summed E-state index contributed by atoms with van der Waals surface area (Å²) >= 11 is 0. The average Bonchev–Trinajstić information content (AvgIpc) is 3.02. The smallest absolute Gasteiger partial charge is 0.129 e. The number of hydrogen-bond donors (Lipinski definition) is 0. The fraction of sp³-hybridized carbons (Fsp3) is 0.500. The van der Waals surface area contributed by atoms with Crippen LogP contribution >= 0.6 is 0 Å². The van der Waals surface area contributed by atoms with Gasteiger partial charge in [0, 0.05) is 6.07 Å². The molecule has 0 radical (unpaired) electrons. The minimum Gasteiger partial charge on any atom is -0.491 e. The van der Waals surface area contributed by atoms with E-state index < -0.39 is 0 Å². The molecule has 3 heteroatoms. The second-order valence-electron chi connectivity index (χ2n) is 3.83. The van der Waals surface area contributed by atoms with Gasteiger partial charge in [-0.1, -0.05) is 6.07 Å². The zero-order valence-electron chi connectivity index (χ0n) is 8.83. The van der Waals surface area contributed by atoms with Crippen molar-refractivity contribution in [2.75, 3.05) is 13.2 Å². The molecule has 0 N–H and O–H groups in total. The number of rotatable bonds is 5. The number of halogens is 1. The van der Waals surface area contributed by atoms with Crippen molar-refractivity contribution in [3.05, 3.63) is 29.6 Å². The van der Waals surface area contributed by atoms with E-state index in [-0.39, 0.29) is 5.82 Å². The SMILES string of the molecule is Cc1ccc(OCCOC2CC2)cc1F. The van der Waals surface area contributed by atoms with E-state index in [0.29, 0.717) is 30.6 Å². The largest absolute Gasteiger partial charge is 0.491 e. The number of ether oxygens (including phenoxy) is 2. The van der Waals surface area contributed by atoms with E-state index in [2.05, 4.69) is 0 Å². The fourth-order valence-corrected chi connectivity index (χ4v) is 1.27. The van der Waals surface area contributed by atoms with Crippen molar-refractivity contribution in [2.45, 2.75) is 25.9 Å². The van der Waals surface area contributed by atoms with Crippen LogP contribution in [0.15, 0.2) is 18.2 Å². The molecule has 0 bridgehead atoms. The first-order valence-electron chi connectivity index (χ1n) is 5.26. The van der Waals surface area contributed by atoms with Gasteiger partial charge in [-0.3, -0.25) is 0 Å². The minimum absolute atomic E-state index is 0.226. The molecule has 2 rings (SSSR count). The van der Waals surface area contributed by atoms with Crippen LogP contribution in [0.25, 0.3) is 0 Å². The van der Waals surface area contributed by atoms with Crippen LogP contribution in [0.2, 0.25) is 0 Å². The quantitative estimate of drug-likeness (QED) is 0.696. The predicted octanol–water partition coefficient (Wildman–Crippen LogP) is 2.69. The van der Waals surface area contributed by atoms with Crippen molar-refractivity contribution in [1.29, 1.82) is 0 Å². The maximum Gasteiger partial charge on any atom is 0.129 e. The summed E-state index contributed by atoms with van der Waals surface area (Å²) in [7, 11) is 0. The van der Waals surface area contributed by atoms with Gasteiger partial charge in [-0.25, -0.2) is 4.39 Å². The molecule has 1 saturated carbocycles.